The van der Waals surface area contributed by atoms with Crippen molar-refractivity contribution >= 4 is 11.6 Å². The lowest BCUT2D eigenvalue weighted by Crippen LogP contribution is -2.34. The van der Waals surface area contributed by atoms with E-state index in [0.717, 1.165) is 47.9 Å². The number of hydrogen-bond donors (Lipinski definition) is 1. The van der Waals surface area contributed by atoms with E-state index in [1.807, 2.05) is 42.5 Å². The Morgan fingerprint density at radius 3 is 2.70 bits per heavy atom. The third-order valence-corrected chi connectivity index (χ3v) is 5.36. The van der Waals surface area contributed by atoms with Crippen molar-refractivity contribution in [1.82, 2.24) is 0 Å². The maximum absolute atomic E-state index is 11.4. The predicted molar refractivity (Wildman–Crippen MR) is 97.6 cm³/mol. The molecule has 0 heterocycles. The van der Waals surface area contributed by atoms with Crippen molar-refractivity contribution in [2.24, 2.45) is 5.92 Å². The summed E-state index contributed by atoms with van der Waals surface area (Å²) < 4.78 is 0. The van der Waals surface area contributed by atoms with Crippen molar-refractivity contribution in [2.45, 2.75) is 38.2 Å². The second-order valence-corrected chi connectivity index (χ2v) is 6.97. The molecular formula is C21H23ClO. The SMILES string of the molecule is C=C1CC(CC)CCC1(O)c1ccccc1-c1cccc(Cl)c1. The van der Waals surface area contributed by atoms with Crippen LogP contribution in [-0.4, -0.2) is 5.11 Å². The first-order valence-corrected chi connectivity index (χ1v) is 8.68. The van der Waals surface area contributed by atoms with Gasteiger partial charge in [-0.1, -0.05) is 67.9 Å². The van der Waals surface area contributed by atoms with Gasteiger partial charge in [-0.2, -0.15) is 0 Å². The number of aliphatic hydroxyl groups is 1. The van der Waals surface area contributed by atoms with Crippen LogP contribution in [0.25, 0.3) is 11.1 Å². The molecule has 0 radical (unpaired) electrons. The maximum Gasteiger partial charge on any atom is 0.111 e. The van der Waals surface area contributed by atoms with Gasteiger partial charge in [-0.3, -0.25) is 0 Å². The normalized spacial score (nSPS) is 24.7. The minimum atomic E-state index is -0.940. The molecule has 2 atom stereocenters. The molecule has 1 saturated carbocycles. The number of benzene rings is 2. The van der Waals surface area contributed by atoms with E-state index >= 15 is 0 Å². The molecule has 0 bridgehead atoms. The molecule has 2 heteroatoms. The maximum atomic E-state index is 11.4. The van der Waals surface area contributed by atoms with Gasteiger partial charge in [0.2, 0.25) is 0 Å². The van der Waals surface area contributed by atoms with Crippen LogP contribution in [0.5, 0.6) is 0 Å². The van der Waals surface area contributed by atoms with E-state index in [-0.39, 0.29) is 0 Å². The Hall–Kier alpha value is -1.57. The van der Waals surface area contributed by atoms with Crippen molar-refractivity contribution in [3.05, 3.63) is 71.3 Å². The zero-order chi connectivity index (χ0) is 16.4. The summed E-state index contributed by atoms with van der Waals surface area (Å²) in [5.74, 6) is 0.640. The van der Waals surface area contributed by atoms with Crippen LogP contribution < -0.4 is 0 Å². The summed E-state index contributed by atoms with van der Waals surface area (Å²) in [6.07, 6.45) is 3.82. The fourth-order valence-corrected chi connectivity index (χ4v) is 3.82. The highest BCUT2D eigenvalue weighted by Crippen LogP contribution is 2.46. The van der Waals surface area contributed by atoms with Crippen molar-refractivity contribution in [3.8, 4) is 11.1 Å². The molecule has 2 aromatic rings. The van der Waals surface area contributed by atoms with Gasteiger partial charge in [0.15, 0.2) is 0 Å². The summed E-state index contributed by atoms with van der Waals surface area (Å²) in [7, 11) is 0. The van der Waals surface area contributed by atoms with Crippen molar-refractivity contribution in [3.63, 3.8) is 0 Å². The Balaban J connectivity index is 2.05. The Morgan fingerprint density at radius 1 is 1.22 bits per heavy atom. The number of hydrogen-bond acceptors (Lipinski definition) is 1. The van der Waals surface area contributed by atoms with E-state index in [9.17, 15) is 5.11 Å². The summed E-state index contributed by atoms with van der Waals surface area (Å²) in [6, 6.07) is 15.9. The second-order valence-electron chi connectivity index (χ2n) is 6.54. The van der Waals surface area contributed by atoms with E-state index in [0.29, 0.717) is 10.9 Å². The zero-order valence-electron chi connectivity index (χ0n) is 13.6. The van der Waals surface area contributed by atoms with Crippen LogP contribution in [0.1, 0.15) is 38.2 Å². The summed E-state index contributed by atoms with van der Waals surface area (Å²) in [5, 5.41) is 12.1. The summed E-state index contributed by atoms with van der Waals surface area (Å²) in [6.45, 7) is 6.43. The van der Waals surface area contributed by atoms with Gasteiger partial charge < -0.3 is 5.11 Å². The fourth-order valence-electron chi connectivity index (χ4n) is 3.63. The molecule has 1 nitrogen and oxygen atoms in total. The summed E-state index contributed by atoms with van der Waals surface area (Å²) in [5.41, 5.74) is 3.01. The Morgan fingerprint density at radius 2 is 2.00 bits per heavy atom. The van der Waals surface area contributed by atoms with Gasteiger partial charge in [0.1, 0.15) is 5.60 Å². The second kappa shape index (κ2) is 6.51. The highest BCUT2D eigenvalue weighted by Gasteiger charge is 2.38. The highest BCUT2D eigenvalue weighted by molar-refractivity contribution is 6.30. The molecule has 0 aliphatic heterocycles. The van der Waals surface area contributed by atoms with Crippen LogP contribution in [-0.2, 0) is 5.60 Å². The van der Waals surface area contributed by atoms with Crippen molar-refractivity contribution < 1.29 is 5.11 Å². The van der Waals surface area contributed by atoms with Gasteiger partial charge in [-0.15, -0.1) is 0 Å². The smallest absolute Gasteiger partial charge is 0.111 e. The van der Waals surface area contributed by atoms with Crippen LogP contribution in [0.15, 0.2) is 60.7 Å². The van der Waals surface area contributed by atoms with Crippen molar-refractivity contribution in [2.75, 3.05) is 0 Å². The van der Waals surface area contributed by atoms with Crippen LogP contribution in [0.4, 0.5) is 0 Å². The first-order valence-electron chi connectivity index (χ1n) is 8.30. The molecule has 120 valence electrons. The molecule has 23 heavy (non-hydrogen) atoms. The lowest BCUT2D eigenvalue weighted by Gasteiger charge is -2.39. The van der Waals surface area contributed by atoms with Gasteiger partial charge >= 0.3 is 0 Å². The van der Waals surface area contributed by atoms with Gasteiger partial charge in [0, 0.05) is 5.02 Å². The van der Waals surface area contributed by atoms with Crippen LogP contribution in [0.3, 0.4) is 0 Å². The molecule has 1 fully saturated rings. The summed E-state index contributed by atoms with van der Waals surface area (Å²) in [4.78, 5) is 0. The molecule has 2 unspecified atom stereocenters. The molecule has 0 spiro atoms. The van der Waals surface area contributed by atoms with Gasteiger partial charge in [0.05, 0.1) is 0 Å². The topological polar surface area (TPSA) is 20.2 Å². The fraction of sp³-hybridized carbons (Fsp3) is 0.333. The van der Waals surface area contributed by atoms with E-state index in [1.54, 1.807) is 0 Å². The predicted octanol–water partition coefficient (Wildman–Crippen LogP) is 5.96. The standard InChI is InChI=1S/C21H23ClO/c1-3-16-11-12-21(23,15(2)13-16)20-10-5-4-9-19(20)17-7-6-8-18(22)14-17/h4-10,14,16,23H,2-3,11-13H2,1H3. The minimum Gasteiger partial charge on any atom is -0.381 e. The third kappa shape index (κ3) is 3.08. The molecule has 1 aliphatic rings. The van der Waals surface area contributed by atoms with Gasteiger partial charge in [0.25, 0.3) is 0 Å². The molecule has 2 aromatic carbocycles. The average molecular weight is 327 g/mol. The molecule has 0 saturated heterocycles. The van der Waals surface area contributed by atoms with E-state index in [4.69, 9.17) is 11.6 Å². The monoisotopic (exact) mass is 326 g/mol. The molecule has 0 amide bonds. The van der Waals surface area contributed by atoms with E-state index in [2.05, 4.69) is 19.6 Å². The molecule has 1 N–H and O–H groups in total. The van der Waals surface area contributed by atoms with Crippen molar-refractivity contribution in [1.29, 1.82) is 0 Å². The average Bonchev–Trinajstić information content (AvgIpc) is 2.57. The van der Waals surface area contributed by atoms with Gasteiger partial charge in [-0.25, -0.2) is 0 Å². The summed E-state index contributed by atoms with van der Waals surface area (Å²) >= 11 is 6.15. The van der Waals surface area contributed by atoms with E-state index < -0.39 is 5.60 Å². The molecular weight excluding hydrogens is 304 g/mol. The Kier molecular flexibility index (Phi) is 4.61. The third-order valence-electron chi connectivity index (χ3n) is 5.12. The minimum absolute atomic E-state index is 0.640. The van der Waals surface area contributed by atoms with Crippen LogP contribution >= 0.6 is 11.6 Å². The highest BCUT2D eigenvalue weighted by atomic mass is 35.5. The molecule has 0 aromatic heterocycles. The quantitative estimate of drug-likeness (QED) is 0.690. The Bertz CT molecular complexity index is 721. The first kappa shape index (κ1) is 16.3. The molecule has 1 aliphatic carbocycles. The lowest BCUT2D eigenvalue weighted by molar-refractivity contribution is 0.0373. The zero-order valence-corrected chi connectivity index (χ0v) is 14.3. The van der Waals surface area contributed by atoms with Gasteiger partial charge in [-0.05, 0) is 59.6 Å². The lowest BCUT2D eigenvalue weighted by atomic mass is 9.70. The van der Waals surface area contributed by atoms with Crippen LogP contribution in [0.2, 0.25) is 5.02 Å². The number of halogens is 1. The number of rotatable bonds is 3. The van der Waals surface area contributed by atoms with Crippen LogP contribution in [0, 0.1) is 5.92 Å². The first-order chi connectivity index (χ1) is 11.0. The van der Waals surface area contributed by atoms with E-state index in [1.165, 1.54) is 0 Å². The largest absolute Gasteiger partial charge is 0.381 e. The Labute approximate surface area is 143 Å². The molecule has 3 rings (SSSR count).